The quantitative estimate of drug-likeness (QED) is 0.786. The Labute approximate surface area is 156 Å². The summed E-state index contributed by atoms with van der Waals surface area (Å²) in [5.41, 5.74) is 1.04. The summed E-state index contributed by atoms with van der Waals surface area (Å²) in [5, 5.41) is 2.75. The average molecular weight is 373 g/mol. The van der Waals surface area contributed by atoms with E-state index in [1.54, 1.807) is 55.6 Å². The van der Waals surface area contributed by atoms with Gasteiger partial charge in [0.1, 0.15) is 22.2 Å². The number of benzene rings is 2. The van der Waals surface area contributed by atoms with E-state index in [2.05, 4.69) is 5.32 Å². The number of hydrogen-bond donors (Lipinski definition) is 1. The van der Waals surface area contributed by atoms with E-state index in [0.29, 0.717) is 29.5 Å². The number of amides is 2. The highest BCUT2D eigenvalue weighted by molar-refractivity contribution is 6.53. The predicted molar refractivity (Wildman–Crippen MR) is 99.6 cm³/mol. The molecule has 6 nitrogen and oxygen atoms in total. The standard InChI is InChI=1S/C19H17ClN2O4/c1-3-26-14-9-7-13(8-10-14)22-18(23)16(20)17(19(22)24)21-12-5-4-6-15(11-12)25-2/h4-11,21H,3H2,1-2H3. The van der Waals surface area contributed by atoms with Gasteiger partial charge in [-0.2, -0.15) is 0 Å². The summed E-state index contributed by atoms with van der Waals surface area (Å²) in [7, 11) is 1.54. The van der Waals surface area contributed by atoms with Gasteiger partial charge in [-0.1, -0.05) is 17.7 Å². The highest BCUT2D eigenvalue weighted by Crippen LogP contribution is 2.31. The molecule has 0 saturated heterocycles. The lowest BCUT2D eigenvalue weighted by molar-refractivity contribution is -0.120. The molecule has 1 N–H and O–H groups in total. The highest BCUT2D eigenvalue weighted by Gasteiger charge is 2.38. The Morgan fingerprint density at radius 1 is 1.04 bits per heavy atom. The van der Waals surface area contributed by atoms with Crippen molar-refractivity contribution in [2.45, 2.75) is 6.92 Å². The topological polar surface area (TPSA) is 67.9 Å². The van der Waals surface area contributed by atoms with Crippen molar-refractivity contribution in [3.63, 3.8) is 0 Å². The molecule has 1 heterocycles. The van der Waals surface area contributed by atoms with Crippen LogP contribution in [-0.2, 0) is 9.59 Å². The number of nitrogens with one attached hydrogen (secondary N) is 1. The molecule has 2 aromatic carbocycles. The number of carbonyl (C=O) groups excluding carboxylic acids is 2. The fourth-order valence-electron chi connectivity index (χ4n) is 2.55. The highest BCUT2D eigenvalue weighted by atomic mass is 35.5. The summed E-state index contributed by atoms with van der Waals surface area (Å²) < 4.78 is 10.5. The fraction of sp³-hybridized carbons (Fsp3) is 0.158. The van der Waals surface area contributed by atoms with Gasteiger partial charge in [0.05, 0.1) is 19.4 Å². The molecule has 26 heavy (non-hydrogen) atoms. The van der Waals surface area contributed by atoms with Crippen LogP contribution in [0.1, 0.15) is 6.92 Å². The van der Waals surface area contributed by atoms with Gasteiger partial charge in [0, 0.05) is 11.8 Å². The van der Waals surface area contributed by atoms with Gasteiger partial charge in [0.25, 0.3) is 11.8 Å². The third kappa shape index (κ3) is 3.36. The van der Waals surface area contributed by atoms with E-state index in [1.807, 2.05) is 6.92 Å². The lowest BCUT2D eigenvalue weighted by atomic mass is 10.2. The Hall–Kier alpha value is -2.99. The van der Waals surface area contributed by atoms with Crippen LogP contribution in [0.4, 0.5) is 11.4 Å². The van der Waals surface area contributed by atoms with E-state index in [0.717, 1.165) is 4.90 Å². The van der Waals surface area contributed by atoms with E-state index in [4.69, 9.17) is 21.1 Å². The minimum atomic E-state index is -0.578. The van der Waals surface area contributed by atoms with E-state index >= 15 is 0 Å². The van der Waals surface area contributed by atoms with Crippen molar-refractivity contribution < 1.29 is 19.1 Å². The second-order valence-corrected chi connectivity index (χ2v) is 5.80. The number of carbonyl (C=O) groups is 2. The molecule has 0 bridgehead atoms. The maximum Gasteiger partial charge on any atom is 0.283 e. The minimum Gasteiger partial charge on any atom is -0.497 e. The molecule has 0 saturated carbocycles. The largest absolute Gasteiger partial charge is 0.497 e. The zero-order chi connectivity index (χ0) is 18.7. The van der Waals surface area contributed by atoms with Gasteiger partial charge in [0.2, 0.25) is 0 Å². The first-order chi connectivity index (χ1) is 12.5. The van der Waals surface area contributed by atoms with Gasteiger partial charge in [-0.25, -0.2) is 4.90 Å². The first kappa shape index (κ1) is 17.8. The molecule has 0 aliphatic carbocycles. The maximum absolute atomic E-state index is 12.7. The summed E-state index contributed by atoms with van der Waals surface area (Å²) >= 11 is 6.12. The molecular weight excluding hydrogens is 356 g/mol. The molecule has 0 unspecified atom stereocenters. The Balaban J connectivity index is 1.84. The first-order valence-corrected chi connectivity index (χ1v) is 8.35. The Bertz CT molecular complexity index is 877. The number of rotatable bonds is 6. The van der Waals surface area contributed by atoms with E-state index < -0.39 is 11.8 Å². The first-order valence-electron chi connectivity index (χ1n) is 7.97. The van der Waals surface area contributed by atoms with Crippen molar-refractivity contribution in [2.75, 3.05) is 23.9 Å². The number of anilines is 2. The Kier molecular flexibility index (Phi) is 5.14. The van der Waals surface area contributed by atoms with Gasteiger partial charge in [-0.05, 0) is 43.3 Å². The number of ether oxygens (including phenoxy) is 2. The lowest BCUT2D eigenvalue weighted by Gasteiger charge is -2.15. The summed E-state index contributed by atoms with van der Waals surface area (Å²) in [5.74, 6) is 0.175. The van der Waals surface area contributed by atoms with Gasteiger partial charge in [-0.15, -0.1) is 0 Å². The second kappa shape index (κ2) is 7.49. The Morgan fingerprint density at radius 3 is 2.42 bits per heavy atom. The van der Waals surface area contributed by atoms with Crippen molar-refractivity contribution in [1.82, 2.24) is 0 Å². The van der Waals surface area contributed by atoms with Crippen LogP contribution >= 0.6 is 11.6 Å². The normalized spacial score (nSPS) is 14.0. The maximum atomic E-state index is 12.7. The van der Waals surface area contributed by atoms with Gasteiger partial charge in [-0.3, -0.25) is 9.59 Å². The number of nitrogens with zero attached hydrogens (tertiary/aromatic N) is 1. The van der Waals surface area contributed by atoms with Crippen molar-refractivity contribution in [3.8, 4) is 11.5 Å². The fourth-order valence-corrected chi connectivity index (χ4v) is 2.76. The van der Waals surface area contributed by atoms with Crippen LogP contribution in [0.15, 0.2) is 59.3 Å². The molecule has 0 aromatic heterocycles. The zero-order valence-electron chi connectivity index (χ0n) is 14.3. The van der Waals surface area contributed by atoms with Crippen molar-refractivity contribution in [3.05, 3.63) is 59.3 Å². The SMILES string of the molecule is CCOc1ccc(N2C(=O)C(Cl)=C(Nc3cccc(OC)c3)C2=O)cc1. The molecule has 0 spiro atoms. The third-order valence-corrected chi connectivity index (χ3v) is 4.12. The van der Waals surface area contributed by atoms with Crippen molar-refractivity contribution >= 4 is 34.8 Å². The summed E-state index contributed by atoms with van der Waals surface area (Å²) in [6.45, 7) is 2.41. The molecule has 7 heteroatoms. The van der Waals surface area contributed by atoms with Crippen LogP contribution in [-0.4, -0.2) is 25.5 Å². The van der Waals surface area contributed by atoms with Crippen LogP contribution in [0.5, 0.6) is 11.5 Å². The van der Waals surface area contributed by atoms with Crippen LogP contribution < -0.4 is 19.7 Å². The number of halogens is 1. The van der Waals surface area contributed by atoms with Crippen molar-refractivity contribution in [1.29, 1.82) is 0 Å². The molecule has 0 fully saturated rings. The molecule has 2 amide bonds. The zero-order valence-corrected chi connectivity index (χ0v) is 15.0. The molecule has 1 aliphatic rings. The molecule has 1 aliphatic heterocycles. The lowest BCUT2D eigenvalue weighted by Crippen LogP contribution is -2.32. The van der Waals surface area contributed by atoms with Gasteiger partial charge in [0.15, 0.2) is 0 Å². The molecule has 0 atom stereocenters. The second-order valence-electron chi connectivity index (χ2n) is 5.42. The van der Waals surface area contributed by atoms with E-state index in [-0.39, 0.29) is 10.7 Å². The molecule has 0 radical (unpaired) electrons. The third-order valence-electron chi connectivity index (χ3n) is 3.77. The Morgan fingerprint density at radius 2 is 1.77 bits per heavy atom. The van der Waals surface area contributed by atoms with Crippen molar-refractivity contribution in [2.24, 2.45) is 0 Å². The molecule has 2 aromatic rings. The molecule has 134 valence electrons. The van der Waals surface area contributed by atoms with Crippen LogP contribution in [0.25, 0.3) is 0 Å². The van der Waals surface area contributed by atoms with E-state index in [1.165, 1.54) is 0 Å². The number of imide groups is 1. The van der Waals surface area contributed by atoms with E-state index in [9.17, 15) is 9.59 Å². The summed E-state index contributed by atoms with van der Waals surface area (Å²) in [6, 6.07) is 13.7. The smallest absolute Gasteiger partial charge is 0.283 e. The summed E-state index contributed by atoms with van der Waals surface area (Å²) in [4.78, 5) is 26.2. The summed E-state index contributed by atoms with van der Waals surface area (Å²) in [6.07, 6.45) is 0. The van der Waals surface area contributed by atoms with Crippen LogP contribution in [0.2, 0.25) is 0 Å². The van der Waals surface area contributed by atoms with Gasteiger partial charge >= 0.3 is 0 Å². The monoisotopic (exact) mass is 372 g/mol. The molecule has 3 rings (SSSR count). The van der Waals surface area contributed by atoms with Gasteiger partial charge < -0.3 is 14.8 Å². The predicted octanol–water partition coefficient (Wildman–Crippen LogP) is 3.53. The van der Waals surface area contributed by atoms with Crippen LogP contribution in [0.3, 0.4) is 0 Å². The number of hydrogen-bond acceptors (Lipinski definition) is 5. The average Bonchev–Trinajstić information content (AvgIpc) is 2.86. The van der Waals surface area contributed by atoms with Crippen LogP contribution in [0, 0.1) is 0 Å². The minimum absolute atomic E-state index is 0.0267. The molecular formula is C19H17ClN2O4. The number of methoxy groups -OCH3 is 1.